The highest BCUT2D eigenvalue weighted by molar-refractivity contribution is 5.85. The van der Waals surface area contributed by atoms with Gasteiger partial charge in [0.1, 0.15) is 0 Å². The zero-order valence-electron chi connectivity index (χ0n) is 10.3. The van der Waals surface area contributed by atoms with Crippen LogP contribution in [0.2, 0.25) is 0 Å². The highest BCUT2D eigenvalue weighted by atomic mass is 35.5. The Morgan fingerprint density at radius 1 is 1.06 bits per heavy atom. The maximum Gasteiger partial charge on any atom is 0.223 e. The van der Waals surface area contributed by atoms with E-state index in [1.165, 1.54) is 25.7 Å². The molecule has 1 aliphatic heterocycles. The molecule has 0 spiro atoms. The first-order valence-corrected chi connectivity index (χ1v) is 6.84. The minimum absolute atomic E-state index is 0. The van der Waals surface area contributed by atoms with Gasteiger partial charge < -0.3 is 10.6 Å². The second-order valence-electron chi connectivity index (χ2n) is 5.81. The second-order valence-corrected chi connectivity index (χ2v) is 5.81. The number of halogens is 1. The van der Waals surface area contributed by atoms with Crippen LogP contribution in [-0.2, 0) is 4.79 Å². The number of fused-ring (bicyclic) bond motifs is 2. The topological polar surface area (TPSA) is 41.1 Å². The molecule has 98 valence electrons. The molecule has 1 saturated heterocycles. The molecule has 2 bridgehead atoms. The number of hydrogen-bond donors (Lipinski definition) is 2. The molecular weight excluding hydrogens is 236 g/mol. The monoisotopic (exact) mass is 258 g/mol. The van der Waals surface area contributed by atoms with Crippen molar-refractivity contribution in [1.29, 1.82) is 0 Å². The smallest absolute Gasteiger partial charge is 0.223 e. The first-order chi connectivity index (χ1) is 7.83. The van der Waals surface area contributed by atoms with Crippen LogP contribution in [0.25, 0.3) is 0 Å². The molecule has 0 aromatic carbocycles. The van der Waals surface area contributed by atoms with Crippen LogP contribution in [0, 0.1) is 17.8 Å². The number of hydrogen-bond acceptors (Lipinski definition) is 2. The van der Waals surface area contributed by atoms with Gasteiger partial charge >= 0.3 is 0 Å². The van der Waals surface area contributed by atoms with E-state index in [-0.39, 0.29) is 18.3 Å². The van der Waals surface area contributed by atoms with Crippen molar-refractivity contribution in [3.63, 3.8) is 0 Å². The molecular formula is C13H23ClN2O. The summed E-state index contributed by atoms with van der Waals surface area (Å²) in [5, 5.41) is 6.62. The van der Waals surface area contributed by atoms with E-state index in [9.17, 15) is 4.79 Å². The van der Waals surface area contributed by atoms with Gasteiger partial charge in [-0.05, 0) is 57.0 Å². The van der Waals surface area contributed by atoms with Gasteiger partial charge in [-0.25, -0.2) is 0 Å². The normalized spacial score (nSPS) is 36.6. The third kappa shape index (κ3) is 2.76. The lowest BCUT2D eigenvalue weighted by molar-refractivity contribution is -0.126. The van der Waals surface area contributed by atoms with Crippen LogP contribution in [0.3, 0.4) is 0 Å². The summed E-state index contributed by atoms with van der Waals surface area (Å²) in [5.74, 6) is 2.33. The largest absolute Gasteiger partial charge is 0.353 e. The number of nitrogens with one attached hydrogen (secondary N) is 2. The summed E-state index contributed by atoms with van der Waals surface area (Å²) in [7, 11) is 0. The van der Waals surface area contributed by atoms with Gasteiger partial charge in [-0.2, -0.15) is 0 Å². The minimum Gasteiger partial charge on any atom is -0.353 e. The summed E-state index contributed by atoms with van der Waals surface area (Å²) in [6, 6.07) is 0.515. The van der Waals surface area contributed by atoms with Crippen LogP contribution in [0.4, 0.5) is 0 Å². The molecule has 3 rings (SSSR count). The third-order valence-corrected chi connectivity index (χ3v) is 4.78. The van der Waals surface area contributed by atoms with Gasteiger partial charge in [-0.3, -0.25) is 4.79 Å². The molecule has 1 heterocycles. The average Bonchev–Trinajstić information content (AvgIpc) is 2.92. The highest BCUT2D eigenvalue weighted by Crippen LogP contribution is 2.44. The summed E-state index contributed by atoms with van der Waals surface area (Å²) in [4.78, 5) is 12.1. The van der Waals surface area contributed by atoms with E-state index in [0.717, 1.165) is 37.8 Å². The molecule has 2 N–H and O–H groups in total. The van der Waals surface area contributed by atoms with Gasteiger partial charge in [0.25, 0.3) is 0 Å². The molecule has 3 atom stereocenters. The van der Waals surface area contributed by atoms with E-state index in [4.69, 9.17) is 0 Å². The van der Waals surface area contributed by atoms with Gasteiger partial charge in [0.05, 0.1) is 0 Å². The van der Waals surface area contributed by atoms with Crippen LogP contribution >= 0.6 is 12.4 Å². The van der Waals surface area contributed by atoms with Gasteiger partial charge in [0, 0.05) is 12.0 Å². The average molecular weight is 259 g/mol. The number of piperidine rings is 1. The second kappa shape index (κ2) is 5.57. The van der Waals surface area contributed by atoms with Crippen molar-refractivity contribution in [2.45, 2.75) is 44.6 Å². The van der Waals surface area contributed by atoms with Crippen LogP contribution in [0.15, 0.2) is 0 Å². The Balaban J connectivity index is 0.00000108. The fourth-order valence-electron chi connectivity index (χ4n) is 3.81. The quantitative estimate of drug-likeness (QED) is 0.792. The predicted octanol–water partition coefficient (Wildman–Crippen LogP) is 1.71. The van der Waals surface area contributed by atoms with Crippen molar-refractivity contribution >= 4 is 18.3 Å². The fraction of sp³-hybridized carbons (Fsp3) is 0.923. The molecule has 2 aliphatic carbocycles. The molecule has 3 aliphatic rings. The predicted molar refractivity (Wildman–Crippen MR) is 70.2 cm³/mol. The van der Waals surface area contributed by atoms with Crippen molar-refractivity contribution < 1.29 is 4.79 Å². The van der Waals surface area contributed by atoms with Gasteiger partial charge in [-0.15, -0.1) is 12.4 Å². The zero-order valence-corrected chi connectivity index (χ0v) is 11.1. The maximum atomic E-state index is 12.1. The Bertz CT molecular complexity index is 279. The SMILES string of the molecule is Cl.O=C(NC1CC2CCC1C2)C1CCNCC1. The molecule has 3 nitrogen and oxygen atoms in total. The molecule has 0 aromatic heterocycles. The zero-order chi connectivity index (χ0) is 11.0. The Labute approximate surface area is 110 Å². The molecule has 4 heteroatoms. The summed E-state index contributed by atoms with van der Waals surface area (Å²) >= 11 is 0. The fourth-order valence-corrected chi connectivity index (χ4v) is 3.81. The number of amides is 1. The summed E-state index contributed by atoms with van der Waals surface area (Å²) in [5.41, 5.74) is 0. The summed E-state index contributed by atoms with van der Waals surface area (Å²) in [6.07, 6.45) is 7.42. The van der Waals surface area contributed by atoms with Gasteiger partial charge in [0.15, 0.2) is 0 Å². The minimum atomic E-state index is 0. The third-order valence-electron chi connectivity index (χ3n) is 4.78. The lowest BCUT2D eigenvalue weighted by Gasteiger charge is -2.27. The van der Waals surface area contributed by atoms with Crippen molar-refractivity contribution in [2.75, 3.05) is 13.1 Å². The van der Waals surface area contributed by atoms with Crippen molar-refractivity contribution in [2.24, 2.45) is 17.8 Å². The Hall–Kier alpha value is -0.280. The van der Waals surface area contributed by atoms with Crippen LogP contribution in [-0.4, -0.2) is 25.0 Å². The molecule has 2 saturated carbocycles. The van der Waals surface area contributed by atoms with Crippen LogP contribution in [0.5, 0.6) is 0 Å². The first-order valence-electron chi connectivity index (χ1n) is 6.84. The number of carbonyl (C=O) groups excluding carboxylic acids is 1. The van der Waals surface area contributed by atoms with E-state index in [2.05, 4.69) is 10.6 Å². The molecule has 17 heavy (non-hydrogen) atoms. The van der Waals surface area contributed by atoms with Crippen molar-refractivity contribution in [1.82, 2.24) is 10.6 Å². The Morgan fingerprint density at radius 3 is 2.41 bits per heavy atom. The lowest BCUT2D eigenvalue weighted by Crippen LogP contribution is -2.44. The maximum absolute atomic E-state index is 12.1. The number of rotatable bonds is 2. The number of carbonyl (C=O) groups is 1. The van der Waals surface area contributed by atoms with Gasteiger partial charge in [-0.1, -0.05) is 6.42 Å². The van der Waals surface area contributed by atoms with E-state index in [0.29, 0.717) is 11.9 Å². The van der Waals surface area contributed by atoms with E-state index < -0.39 is 0 Å². The molecule has 0 radical (unpaired) electrons. The first kappa shape index (κ1) is 13.2. The van der Waals surface area contributed by atoms with E-state index in [1.807, 2.05) is 0 Å². The molecule has 1 amide bonds. The van der Waals surface area contributed by atoms with Gasteiger partial charge in [0.2, 0.25) is 5.91 Å². The Kier molecular flexibility index (Phi) is 4.31. The van der Waals surface area contributed by atoms with E-state index in [1.54, 1.807) is 0 Å². The van der Waals surface area contributed by atoms with Crippen LogP contribution < -0.4 is 10.6 Å². The lowest BCUT2D eigenvalue weighted by atomic mass is 9.93. The molecule has 3 fully saturated rings. The van der Waals surface area contributed by atoms with Crippen LogP contribution in [0.1, 0.15) is 38.5 Å². The standard InChI is InChI=1S/C13H22N2O.ClH/c16-13(10-3-5-14-6-4-10)15-12-8-9-1-2-11(12)7-9;/h9-12,14H,1-8H2,(H,15,16);1H. The highest BCUT2D eigenvalue weighted by Gasteiger charge is 2.40. The van der Waals surface area contributed by atoms with Crippen molar-refractivity contribution in [3.8, 4) is 0 Å². The summed E-state index contributed by atoms with van der Waals surface area (Å²) in [6.45, 7) is 2.02. The summed E-state index contributed by atoms with van der Waals surface area (Å²) < 4.78 is 0. The van der Waals surface area contributed by atoms with E-state index >= 15 is 0 Å². The Morgan fingerprint density at radius 2 is 1.82 bits per heavy atom. The molecule has 3 unspecified atom stereocenters. The van der Waals surface area contributed by atoms with Crippen molar-refractivity contribution in [3.05, 3.63) is 0 Å². The molecule has 0 aromatic rings.